The van der Waals surface area contributed by atoms with Crippen molar-refractivity contribution in [2.24, 2.45) is 0 Å². The van der Waals surface area contributed by atoms with Crippen LogP contribution in [0.25, 0.3) is 22.6 Å². The van der Waals surface area contributed by atoms with Gasteiger partial charge in [0.25, 0.3) is 5.56 Å². The molecule has 0 amide bonds. The molecule has 0 spiro atoms. The highest BCUT2D eigenvalue weighted by Crippen LogP contribution is 2.18. The predicted octanol–water partition coefficient (Wildman–Crippen LogP) is 2.93. The molecule has 0 aliphatic rings. The van der Waals surface area contributed by atoms with E-state index in [1.165, 1.54) is 10.1 Å². The maximum Gasteiger partial charge on any atom is 0.332 e. The van der Waals surface area contributed by atoms with Gasteiger partial charge in [-0.3, -0.25) is 18.6 Å². The predicted molar refractivity (Wildman–Crippen MR) is 117 cm³/mol. The van der Waals surface area contributed by atoms with Crippen molar-refractivity contribution in [3.05, 3.63) is 68.6 Å². The maximum atomic E-state index is 12.9. The molecule has 0 atom stereocenters. The topological polar surface area (TPSA) is 90.5 Å². The van der Waals surface area contributed by atoms with Gasteiger partial charge in [0.2, 0.25) is 0 Å². The van der Waals surface area contributed by atoms with Crippen LogP contribution in [-0.2, 0) is 19.6 Å². The van der Waals surface area contributed by atoms with Crippen LogP contribution in [0.1, 0.15) is 37.8 Å². The zero-order valence-electron chi connectivity index (χ0n) is 17.6. The van der Waals surface area contributed by atoms with E-state index in [1.54, 1.807) is 10.8 Å². The van der Waals surface area contributed by atoms with Crippen LogP contribution in [0.4, 0.5) is 0 Å². The van der Waals surface area contributed by atoms with Gasteiger partial charge in [-0.2, -0.15) is 5.10 Å². The lowest BCUT2D eigenvalue weighted by molar-refractivity contribution is 0.555. The molecule has 0 saturated heterocycles. The van der Waals surface area contributed by atoms with Crippen molar-refractivity contribution >= 4 is 11.2 Å². The van der Waals surface area contributed by atoms with E-state index in [0.29, 0.717) is 43.0 Å². The molecule has 4 aromatic rings. The zero-order valence-corrected chi connectivity index (χ0v) is 17.6. The summed E-state index contributed by atoms with van der Waals surface area (Å²) >= 11 is 0. The number of fused-ring (bicyclic) bond motifs is 1. The average Bonchev–Trinajstić information content (AvgIpc) is 3.36. The number of nitrogens with zero attached hydrogens (tertiary/aromatic N) is 5. The van der Waals surface area contributed by atoms with E-state index in [9.17, 15) is 9.59 Å². The van der Waals surface area contributed by atoms with Crippen molar-refractivity contribution in [3.8, 4) is 11.4 Å². The van der Waals surface area contributed by atoms with E-state index in [0.717, 1.165) is 17.5 Å². The number of rotatable bonds is 7. The summed E-state index contributed by atoms with van der Waals surface area (Å²) in [4.78, 5) is 33.4. The van der Waals surface area contributed by atoms with Gasteiger partial charge in [-0.25, -0.2) is 9.78 Å². The quantitative estimate of drug-likeness (QED) is 0.511. The number of H-pyrrole nitrogens is 1. The zero-order chi connectivity index (χ0) is 21.3. The molecule has 3 aromatic heterocycles. The summed E-state index contributed by atoms with van der Waals surface area (Å²) < 4.78 is 4.72. The number of hydrogen-bond donors (Lipinski definition) is 1. The van der Waals surface area contributed by atoms with Crippen molar-refractivity contribution in [3.63, 3.8) is 0 Å². The molecule has 3 heterocycles. The van der Waals surface area contributed by atoms with E-state index in [2.05, 4.69) is 40.2 Å². The molecule has 1 aromatic carbocycles. The van der Waals surface area contributed by atoms with Crippen LogP contribution in [0.5, 0.6) is 0 Å². The van der Waals surface area contributed by atoms with Gasteiger partial charge in [0.1, 0.15) is 11.3 Å². The third-order valence-electron chi connectivity index (χ3n) is 5.09. The van der Waals surface area contributed by atoms with Crippen LogP contribution in [0.2, 0.25) is 0 Å². The van der Waals surface area contributed by atoms with Crippen LogP contribution >= 0.6 is 0 Å². The van der Waals surface area contributed by atoms with Crippen molar-refractivity contribution in [2.75, 3.05) is 0 Å². The molecule has 8 heteroatoms. The molecular weight excluding hydrogens is 380 g/mol. The van der Waals surface area contributed by atoms with Gasteiger partial charge in [0.05, 0.1) is 18.3 Å². The third kappa shape index (κ3) is 3.60. The van der Waals surface area contributed by atoms with Gasteiger partial charge in [-0.15, -0.1) is 0 Å². The lowest BCUT2D eigenvalue weighted by Crippen LogP contribution is -2.40. The van der Waals surface area contributed by atoms with Gasteiger partial charge in [0.15, 0.2) is 5.65 Å². The fourth-order valence-electron chi connectivity index (χ4n) is 3.72. The fraction of sp³-hybridized carbons (Fsp3) is 0.364. The Kier molecular flexibility index (Phi) is 5.39. The normalized spacial score (nSPS) is 11.4. The van der Waals surface area contributed by atoms with E-state index in [1.807, 2.05) is 30.8 Å². The first-order valence-electron chi connectivity index (χ1n) is 10.3. The minimum atomic E-state index is -0.324. The van der Waals surface area contributed by atoms with E-state index >= 15 is 0 Å². The Morgan fingerprint density at radius 2 is 1.83 bits per heavy atom. The van der Waals surface area contributed by atoms with Crippen molar-refractivity contribution in [2.45, 2.75) is 53.2 Å². The molecule has 0 bridgehead atoms. The monoisotopic (exact) mass is 406 g/mol. The standard InChI is InChI=1S/C22H26N6O2/c1-4-9-27-20-18(21(29)28(10-5-2)22(27)30)24-19(25-20)17-12-23-26(14-17)13-16-8-6-7-15(3)11-16/h6-8,11-12,14H,4-5,9-10,13H2,1-3H3,(H,24,25). The molecule has 0 unspecified atom stereocenters. The molecule has 0 aliphatic heterocycles. The Balaban J connectivity index is 1.76. The Morgan fingerprint density at radius 1 is 1.07 bits per heavy atom. The van der Waals surface area contributed by atoms with E-state index in [4.69, 9.17) is 0 Å². The van der Waals surface area contributed by atoms with Crippen LogP contribution in [0.3, 0.4) is 0 Å². The van der Waals surface area contributed by atoms with Crippen LogP contribution in [-0.4, -0.2) is 28.9 Å². The number of nitrogens with one attached hydrogen (secondary N) is 1. The smallest absolute Gasteiger partial charge is 0.332 e. The first kappa shape index (κ1) is 19.9. The second kappa shape index (κ2) is 8.14. The molecule has 0 fully saturated rings. The Hall–Kier alpha value is -3.42. The number of hydrogen-bond acceptors (Lipinski definition) is 4. The number of imidazole rings is 1. The van der Waals surface area contributed by atoms with Gasteiger partial charge >= 0.3 is 5.69 Å². The Labute approximate surface area is 173 Å². The molecule has 30 heavy (non-hydrogen) atoms. The van der Waals surface area contributed by atoms with Gasteiger partial charge in [-0.05, 0) is 25.3 Å². The first-order chi connectivity index (χ1) is 14.5. The largest absolute Gasteiger partial charge is 0.332 e. The van der Waals surface area contributed by atoms with Crippen molar-refractivity contribution < 1.29 is 0 Å². The molecular formula is C22H26N6O2. The van der Waals surface area contributed by atoms with Crippen molar-refractivity contribution in [1.29, 1.82) is 0 Å². The summed E-state index contributed by atoms with van der Waals surface area (Å²) in [7, 11) is 0. The molecule has 0 radical (unpaired) electrons. The highest BCUT2D eigenvalue weighted by atomic mass is 16.2. The molecule has 156 valence electrons. The fourth-order valence-corrected chi connectivity index (χ4v) is 3.72. The van der Waals surface area contributed by atoms with E-state index < -0.39 is 0 Å². The minimum Gasteiger partial charge on any atom is -0.332 e. The number of aromatic amines is 1. The summed E-state index contributed by atoms with van der Waals surface area (Å²) in [5.74, 6) is 0.538. The Morgan fingerprint density at radius 3 is 2.57 bits per heavy atom. The van der Waals surface area contributed by atoms with Gasteiger partial charge in [0, 0.05) is 19.3 Å². The SMILES string of the molecule is CCCn1c(=O)c2[nH]c(-c3cnn(Cc4cccc(C)c4)c3)nc2n(CCC)c1=O. The number of aryl methyl sites for hydroxylation is 2. The van der Waals surface area contributed by atoms with Crippen LogP contribution in [0, 0.1) is 6.92 Å². The third-order valence-corrected chi connectivity index (χ3v) is 5.09. The lowest BCUT2D eigenvalue weighted by Gasteiger charge is -2.09. The van der Waals surface area contributed by atoms with Crippen LogP contribution < -0.4 is 11.2 Å². The summed E-state index contributed by atoms with van der Waals surface area (Å²) in [5, 5.41) is 4.44. The van der Waals surface area contributed by atoms with Crippen molar-refractivity contribution in [1.82, 2.24) is 28.9 Å². The average molecular weight is 406 g/mol. The molecule has 4 rings (SSSR count). The molecule has 1 N–H and O–H groups in total. The van der Waals surface area contributed by atoms with Gasteiger partial charge < -0.3 is 4.98 Å². The lowest BCUT2D eigenvalue weighted by atomic mass is 10.1. The first-order valence-corrected chi connectivity index (χ1v) is 10.3. The highest BCUT2D eigenvalue weighted by Gasteiger charge is 2.18. The minimum absolute atomic E-state index is 0.301. The number of aromatic nitrogens is 6. The van der Waals surface area contributed by atoms with Crippen LogP contribution in [0.15, 0.2) is 46.2 Å². The summed E-state index contributed by atoms with van der Waals surface area (Å²) in [5.41, 5.74) is 3.27. The Bertz CT molecular complexity index is 1310. The molecule has 0 saturated carbocycles. The summed E-state index contributed by atoms with van der Waals surface area (Å²) in [6.07, 6.45) is 5.10. The highest BCUT2D eigenvalue weighted by molar-refractivity contribution is 5.75. The second-order valence-electron chi connectivity index (χ2n) is 7.59. The van der Waals surface area contributed by atoms with E-state index in [-0.39, 0.29) is 11.2 Å². The molecule has 0 aliphatic carbocycles. The summed E-state index contributed by atoms with van der Waals surface area (Å²) in [6, 6.07) is 8.29. The number of benzene rings is 1. The second-order valence-corrected chi connectivity index (χ2v) is 7.59. The summed E-state index contributed by atoms with van der Waals surface area (Å²) in [6.45, 7) is 7.55. The maximum absolute atomic E-state index is 12.9. The molecule has 8 nitrogen and oxygen atoms in total. The van der Waals surface area contributed by atoms with Gasteiger partial charge in [-0.1, -0.05) is 43.7 Å².